The van der Waals surface area contributed by atoms with Gasteiger partial charge < -0.3 is 9.47 Å². The van der Waals surface area contributed by atoms with E-state index in [1.807, 2.05) is 6.92 Å². The summed E-state index contributed by atoms with van der Waals surface area (Å²) in [6.45, 7) is 8.41. The van der Waals surface area contributed by atoms with Crippen molar-refractivity contribution >= 4 is 0 Å². The van der Waals surface area contributed by atoms with Crippen molar-refractivity contribution in [2.75, 3.05) is 32.9 Å². The van der Waals surface area contributed by atoms with E-state index in [4.69, 9.17) is 9.47 Å². The fourth-order valence-electron chi connectivity index (χ4n) is 2.80. The van der Waals surface area contributed by atoms with E-state index in [2.05, 4.69) is 46.1 Å². The molecule has 2 heterocycles. The van der Waals surface area contributed by atoms with Gasteiger partial charge in [-0.3, -0.25) is 4.90 Å². The average molecular weight is 313 g/mol. The van der Waals surface area contributed by atoms with Gasteiger partial charge in [0.1, 0.15) is 0 Å². The zero-order valence-corrected chi connectivity index (χ0v) is 13.7. The molecule has 23 heavy (non-hydrogen) atoms. The van der Waals surface area contributed by atoms with Gasteiger partial charge in [0, 0.05) is 37.0 Å². The van der Waals surface area contributed by atoms with Crippen molar-refractivity contribution in [2.45, 2.75) is 19.9 Å². The van der Waals surface area contributed by atoms with Gasteiger partial charge in [0.15, 0.2) is 5.82 Å². The lowest BCUT2D eigenvalue weighted by Crippen LogP contribution is -2.37. The van der Waals surface area contributed by atoms with Crippen molar-refractivity contribution in [3.8, 4) is 17.3 Å². The Hall–Kier alpha value is -1.98. The van der Waals surface area contributed by atoms with E-state index in [0.717, 1.165) is 31.9 Å². The second kappa shape index (κ2) is 7.53. The highest BCUT2D eigenvalue weighted by Gasteiger charge is 2.18. The molecule has 0 saturated carbocycles. The smallest absolute Gasteiger partial charge is 0.216 e. The van der Waals surface area contributed by atoms with Crippen LogP contribution in [0, 0.1) is 0 Å². The van der Waals surface area contributed by atoms with Crippen LogP contribution in [0.25, 0.3) is 11.4 Å². The largest absolute Gasteiger partial charge is 0.478 e. The van der Waals surface area contributed by atoms with Gasteiger partial charge in [0.25, 0.3) is 0 Å². The van der Waals surface area contributed by atoms with Crippen LogP contribution >= 0.6 is 0 Å². The van der Waals surface area contributed by atoms with E-state index >= 15 is 0 Å². The molecule has 0 radical (unpaired) electrons. The topological polar surface area (TPSA) is 47.5 Å². The molecule has 1 aromatic heterocycles. The Morgan fingerprint density at radius 2 is 1.91 bits per heavy atom. The Labute approximate surface area is 137 Å². The summed E-state index contributed by atoms with van der Waals surface area (Å²) < 4.78 is 10.9. The first kappa shape index (κ1) is 15.9. The Bertz CT molecular complexity index is 624. The Morgan fingerprint density at radius 3 is 2.61 bits per heavy atom. The number of aromatic nitrogens is 2. The fraction of sp³-hybridized carbons (Fsp3) is 0.444. The first-order valence-electron chi connectivity index (χ1n) is 8.16. The lowest BCUT2D eigenvalue weighted by molar-refractivity contribution is 0.0198. The van der Waals surface area contributed by atoms with E-state index in [1.54, 1.807) is 12.3 Å². The average Bonchev–Trinajstić information content (AvgIpc) is 2.62. The van der Waals surface area contributed by atoms with Gasteiger partial charge in [-0.15, -0.1) is 0 Å². The third kappa shape index (κ3) is 3.86. The summed E-state index contributed by atoms with van der Waals surface area (Å²) in [7, 11) is 0. The maximum Gasteiger partial charge on any atom is 0.216 e. The molecule has 0 N–H and O–H groups in total. The summed E-state index contributed by atoms with van der Waals surface area (Å²) in [5.74, 6) is 1.31. The van der Waals surface area contributed by atoms with Gasteiger partial charge in [0.2, 0.25) is 5.88 Å². The number of morpholine rings is 1. The van der Waals surface area contributed by atoms with Gasteiger partial charge in [-0.25, -0.2) is 4.98 Å². The molecule has 1 saturated heterocycles. The van der Waals surface area contributed by atoms with E-state index < -0.39 is 0 Å². The molecule has 1 aliphatic heterocycles. The monoisotopic (exact) mass is 313 g/mol. The molecule has 0 amide bonds. The Balaban J connectivity index is 1.74. The van der Waals surface area contributed by atoms with Crippen LogP contribution in [0.15, 0.2) is 36.5 Å². The molecule has 2 aromatic rings. The zero-order chi connectivity index (χ0) is 16.1. The maximum atomic E-state index is 5.44. The number of hydrogen-bond donors (Lipinski definition) is 0. The molecule has 3 rings (SSSR count). The summed E-state index contributed by atoms with van der Waals surface area (Å²) in [6, 6.07) is 10.7. The van der Waals surface area contributed by atoms with Gasteiger partial charge in [0.05, 0.1) is 19.8 Å². The normalized spacial score (nSPS) is 17.0. The van der Waals surface area contributed by atoms with Crippen molar-refractivity contribution in [3.05, 3.63) is 42.1 Å². The van der Waals surface area contributed by atoms with E-state index in [0.29, 0.717) is 24.4 Å². The minimum Gasteiger partial charge on any atom is -0.478 e. The van der Waals surface area contributed by atoms with Crippen LogP contribution in [0.1, 0.15) is 25.5 Å². The predicted molar refractivity (Wildman–Crippen MR) is 89.4 cm³/mol. The summed E-state index contributed by atoms with van der Waals surface area (Å²) in [5.41, 5.74) is 2.31. The standard InChI is InChI=1S/C18H23N3O2/c1-3-23-17-8-9-19-18(20-17)16-6-4-15(5-7-16)14(2)21-10-12-22-13-11-21/h4-9,14H,3,10-13H2,1-2H3. The van der Waals surface area contributed by atoms with Crippen molar-refractivity contribution in [1.29, 1.82) is 0 Å². The molecule has 1 aromatic carbocycles. The van der Waals surface area contributed by atoms with E-state index in [-0.39, 0.29) is 0 Å². The second-order valence-corrected chi connectivity index (χ2v) is 5.60. The number of hydrogen-bond acceptors (Lipinski definition) is 5. The van der Waals surface area contributed by atoms with Crippen LogP contribution < -0.4 is 4.74 Å². The van der Waals surface area contributed by atoms with Crippen molar-refractivity contribution in [1.82, 2.24) is 14.9 Å². The number of ether oxygens (including phenoxy) is 2. The summed E-state index contributed by atoms with van der Waals surface area (Å²) in [5, 5.41) is 0. The van der Waals surface area contributed by atoms with Crippen molar-refractivity contribution < 1.29 is 9.47 Å². The van der Waals surface area contributed by atoms with Crippen LogP contribution in [0.2, 0.25) is 0 Å². The first-order chi connectivity index (χ1) is 11.3. The first-order valence-corrected chi connectivity index (χ1v) is 8.16. The molecular formula is C18H23N3O2. The van der Waals surface area contributed by atoms with Gasteiger partial charge in [-0.05, 0) is 19.4 Å². The molecule has 0 spiro atoms. The fourth-order valence-corrected chi connectivity index (χ4v) is 2.80. The molecule has 5 heteroatoms. The number of rotatable bonds is 5. The predicted octanol–water partition coefficient (Wildman–Crippen LogP) is 2.94. The highest BCUT2D eigenvalue weighted by Crippen LogP contribution is 2.24. The molecule has 5 nitrogen and oxygen atoms in total. The molecule has 1 fully saturated rings. The second-order valence-electron chi connectivity index (χ2n) is 5.60. The summed E-state index contributed by atoms with van der Waals surface area (Å²) >= 11 is 0. The third-order valence-corrected chi connectivity index (χ3v) is 4.17. The number of benzene rings is 1. The third-order valence-electron chi connectivity index (χ3n) is 4.17. The highest BCUT2D eigenvalue weighted by molar-refractivity contribution is 5.55. The maximum absolute atomic E-state index is 5.44. The molecule has 1 aliphatic rings. The van der Waals surface area contributed by atoms with Crippen LogP contribution in [0.4, 0.5) is 0 Å². The lowest BCUT2D eigenvalue weighted by Gasteiger charge is -2.32. The van der Waals surface area contributed by atoms with Crippen LogP contribution in [-0.4, -0.2) is 47.8 Å². The Kier molecular flexibility index (Phi) is 5.20. The van der Waals surface area contributed by atoms with Gasteiger partial charge in [-0.1, -0.05) is 24.3 Å². The molecule has 0 bridgehead atoms. The SMILES string of the molecule is CCOc1ccnc(-c2ccc(C(C)N3CCOCC3)cc2)n1. The van der Waals surface area contributed by atoms with E-state index in [1.165, 1.54) is 5.56 Å². The minimum absolute atomic E-state index is 0.392. The number of nitrogens with zero attached hydrogens (tertiary/aromatic N) is 3. The molecule has 0 aliphatic carbocycles. The molecule has 122 valence electrons. The summed E-state index contributed by atoms with van der Waals surface area (Å²) in [4.78, 5) is 11.2. The van der Waals surface area contributed by atoms with Crippen molar-refractivity contribution in [3.63, 3.8) is 0 Å². The minimum atomic E-state index is 0.392. The van der Waals surface area contributed by atoms with Gasteiger partial charge >= 0.3 is 0 Å². The Morgan fingerprint density at radius 1 is 1.17 bits per heavy atom. The molecule has 1 unspecified atom stereocenters. The summed E-state index contributed by atoms with van der Waals surface area (Å²) in [6.07, 6.45) is 1.73. The quantitative estimate of drug-likeness (QED) is 0.849. The van der Waals surface area contributed by atoms with Gasteiger partial charge in [-0.2, -0.15) is 4.98 Å². The van der Waals surface area contributed by atoms with Crippen molar-refractivity contribution in [2.24, 2.45) is 0 Å². The molecule has 1 atom stereocenters. The van der Waals surface area contributed by atoms with E-state index in [9.17, 15) is 0 Å². The molecular weight excluding hydrogens is 290 g/mol. The highest BCUT2D eigenvalue weighted by atomic mass is 16.5. The van der Waals surface area contributed by atoms with Crippen LogP contribution in [0.5, 0.6) is 5.88 Å². The zero-order valence-electron chi connectivity index (χ0n) is 13.7. The lowest BCUT2D eigenvalue weighted by atomic mass is 10.0. The van der Waals surface area contributed by atoms with Crippen LogP contribution in [0.3, 0.4) is 0 Å². The van der Waals surface area contributed by atoms with Crippen LogP contribution in [-0.2, 0) is 4.74 Å².